The van der Waals surface area contributed by atoms with Crippen molar-refractivity contribution in [2.75, 3.05) is 6.61 Å². The fourth-order valence-electron chi connectivity index (χ4n) is 2.02. The van der Waals surface area contributed by atoms with Crippen molar-refractivity contribution in [3.8, 4) is 17.4 Å². The number of benzene rings is 1. The minimum Gasteiger partial charge on any atom is -0.489 e. The standard InChI is InChI=1S/C17H11Br2F6NO2/c1-9-6-11(27-5-4-14(18)19)2-3-13(9)28-15-12(17(23,24)25)7-10(8-26-15)16(20,21)22/h2-4,6-8H,5H2,1H3. The Morgan fingerprint density at radius 3 is 2.29 bits per heavy atom. The van der Waals surface area contributed by atoms with Crippen LogP contribution >= 0.6 is 31.9 Å². The molecule has 11 heteroatoms. The van der Waals surface area contributed by atoms with Crippen LogP contribution < -0.4 is 9.47 Å². The van der Waals surface area contributed by atoms with Gasteiger partial charge < -0.3 is 9.47 Å². The van der Waals surface area contributed by atoms with Crippen LogP contribution in [0.2, 0.25) is 0 Å². The molecule has 0 saturated heterocycles. The van der Waals surface area contributed by atoms with Crippen LogP contribution in [-0.2, 0) is 12.4 Å². The summed E-state index contributed by atoms with van der Waals surface area (Å²) >= 11 is 6.32. The van der Waals surface area contributed by atoms with E-state index in [9.17, 15) is 26.3 Å². The number of hydrogen-bond donors (Lipinski definition) is 0. The molecule has 3 nitrogen and oxygen atoms in total. The Morgan fingerprint density at radius 1 is 1.07 bits per heavy atom. The lowest BCUT2D eigenvalue weighted by Gasteiger charge is -2.16. The fourth-order valence-corrected chi connectivity index (χ4v) is 2.29. The Balaban J connectivity index is 2.31. The third-order valence-electron chi connectivity index (χ3n) is 3.32. The van der Waals surface area contributed by atoms with Crippen LogP contribution in [0.15, 0.2) is 39.9 Å². The van der Waals surface area contributed by atoms with Crippen LogP contribution in [-0.4, -0.2) is 11.6 Å². The molecule has 0 bridgehead atoms. The van der Waals surface area contributed by atoms with Gasteiger partial charge in [0.15, 0.2) is 0 Å². The fraction of sp³-hybridized carbons (Fsp3) is 0.235. The highest BCUT2D eigenvalue weighted by atomic mass is 79.9. The minimum absolute atomic E-state index is 0.00215. The van der Waals surface area contributed by atoms with Crippen molar-refractivity contribution in [1.29, 1.82) is 0 Å². The number of alkyl halides is 6. The van der Waals surface area contributed by atoms with Gasteiger partial charge in [0.25, 0.3) is 0 Å². The summed E-state index contributed by atoms with van der Waals surface area (Å²) in [6.07, 6.45) is -8.06. The molecular formula is C17H11Br2F6NO2. The molecule has 1 heterocycles. The molecule has 0 radical (unpaired) electrons. The Hall–Kier alpha value is -1.75. The predicted molar refractivity (Wildman–Crippen MR) is 96.9 cm³/mol. The first-order valence-corrected chi connectivity index (χ1v) is 9.03. The lowest BCUT2D eigenvalue weighted by atomic mass is 10.1. The van der Waals surface area contributed by atoms with Crippen molar-refractivity contribution in [2.45, 2.75) is 19.3 Å². The molecule has 0 fully saturated rings. The molecule has 0 aliphatic rings. The van der Waals surface area contributed by atoms with Gasteiger partial charge in [0, 0.05) is 6.20 Å². The van der Waals surface area contributed by atoms with Gasteiger partial charge in [-0.15, -0.1) is 0 Å². The first-order valence-electron chi connectivity index (χ1n) is 7.45. The largest absolute Gasteiger partial charge is 0.489 e. The van der Waals surface area contributed by atoms with Crippen molar-refractivity contribution in [1.82, 2.24) is 4.98 Å². The Kier molecular flexibility index (Phi) is 7.02. The molecule has 2 aromatic rings. The van der Waals surface area contributed by atoms with E-state index in [2.05, 4.69) is 36.8 Å². The van der Waals surface area contributed by atoms with Crippen LogP contribution in [0.1, 0.15) is 16.7 Å². The van der Waals surface area contributed by atoms with Crippen molar-refractivity contribution in [2.24, 2.45) is 0 Å². The normalized spacial score (nSPS) is 11.9. The van der Waals surface area contributed by atoms with Gasteiger partial charge in [0.05, 0.1) is 8.96 Å². The number of nitrogens with zero attached hydrogens (tertiary/aromatic N) is 1. The molecule has 0 atom stereocenters. The van der Waals surface area contributed by atoms with E-state index in [0.29, 0.717) is 20.9 Å². The molecule has 0 unspecified atom stereocenters. The van der Waals surface area contributed by atoms with Crippen LogP contribution in [0.25, 0.3) is 0 Å². The number of rotatable bonds is 5. The monoisotopic (exact) mass is 533 g/mol. The van der Waals surface area contributed by atoms with E-state index in [-0.39, 0.29) is 18.4 Å². The molecule has 0 spiro atoms. The maximum Gasteiger partial charge on any atom is 0.421 e. The molecule has 28 heavy (non-hydrogen) atoms. The van der Waals surface area contributed by atoms with Gasteiger partial charge in [-0.3, -0.25) is 0 Å². The molecule has 2 rings (SSSR count). The Bertz CT molecular complexity index is 877. The average molecular weight is 535 g/mol. The maximum atomic E-state index is 13.2. The summed E-state index contributed by atoms with van der Waals surface area (Å²) in [6, 6.07) is 4.29. The molecule has 0 N–H and O–H groups in total. The molecule has 0 amide bonds. The summed E-state index contributed by atoms with van der Waals surface area (Å²) in [4.78, 5) is 3.23. The highest BCUT2D eigenvalue weighted by Gasteiger charge is 2.40. The van der Waals surface area contributed by atoms with Crippen molar-refractivity contribution >= 4 is 31.9 Å². The molecule has 1 aromatic heterocycles. The highest BCUT2D eigenvalue weighted by molar-refractivity contribution is 9.28. The molecule has 1 aromatic carbocycles. The number of aryl methyl sites for hydroxylation is 1. The summed E-state index contributed by atoms with van der Waals surface area (Å²) in [5.41, 5.74) is -2.72. The topological polar surface area (TPSA) is 31.4 Å². The van der Waals surface area contributed by atoms with Gasteiger partial charge in [-0.2, -0.15) is 26.3 Å². The quantitative estimate of drug-likeness (QED) is 0.379. The molecule has 0 aliphatic heterocycles. The predicted octanol–water partition coefficient (Wildman–Crippen LogP) is 7.23. The zero-order chi connectivity index (χ0) is 21.1. The second-order valence-corrected chi connectivity index (χ2v) is 8.18. The maximum absolute atomic E-state index is 13.2. The van der Waals surface area contributed by atoms with Crippen molar-refractivity contribution < 1.29 is 35.8 Å². The van der Waals surface area contributed by atoms with Gasteiger partial charge in [-0.1, -0.05) is 0 Å². The highest BCUT2D eigenvalue weighted by Crippen LogP contribution is 2.41. The van der Waals surface area contributed by atoms with E-state index in [1.54, 1.807) is 13.0 Å². The summed E-state index contributed by atoms with van der Waals surface area (Å²) in [7, 11) is 0. The van der Waals surface area contributed by atoms with Crippen LogP contribution in [0.3, 0.4) is 0 Å². The Labute approximate surface area is 172 Å². The van der Waals surface area contributed by atoms with Crippen LogP contribution in [0, 0.1) is 6.92 Å². The van der Waals surface area contributed by atoms with E-state index in [1.165, 1.54) is 18.2 Å². The third kappa shape index (κ3) is 6.13. The number of hydrogen-bond acceptors (Lipinski definition) is 3. The van der Waals surface area contributed by atoms with Gasteiger partial charge in [-0.25, -0.2) is 4.98 Å². The number of pyridine rings is 1. The first-order chi connectivity index (χ1) is 12.9. The lowest BCUT2D eigenvalue weighted by molar-refractivity contribution is -0.144. The average Bonchev–Trinajstić information content (AvgIpc) is 2.55. The molecular weight excluding hydrogens is 524 g/mol. The summed E-state index contributed by atoms with van der Waals surface area (Å²) in [5, 5.41) is 0. The third-order valence-corrected chi connectivity index (χ3v) is 3.97. The van der Waals surface area contributed by atoms with Crippen molar-refractivity contribution in [3.63, 3.8) is 0 Å². The number of halogens is 8. The minimum atomic E-state index is -5.07. The second-order valence-electron chi connectivity index (χ2n) is 5.41. The van der Waals surface area contributed by atoms with Crippen molar-refractivity contribution in [3.05, 3.63) is 56.6 Å². The zero-order valence-electron chi connectivity index (χ0n) is 14.0. The first kappa shape index (κ1) is 22.5. The lowest BCUT2D eigenvalue weighted by Crippen LogP contribution is -2.13. The Morgan fingerprint density at radius 2 is 1.75 bits per heavy atom. The molecule has 0 saturated carbocycles. The van der Waals surface area contributed by atoms with E-state index in [0.717, 1.165) is 0 Å². The zero-order valence-corrected chi connectivity index (χ0v) is 17.1. The SMILES string of the molecule is Cc1cc(OCC=C(Br)Br)ccc1Oc1ncc(C(F)(F)F)cc1C(F)(F)F. The number of ether oxygens (including phenoxy) is 2. The van der Waals surface area contributed by atoms with Gasteiger partial charge in [-0.05, 0) is 74.7 Å². The van der Waals surface area contributed by atoms with E-state index < -0.39 is 29.4 Å². The molecule has 152 valence electrons. The van der Waals surface area contributed by atoms with E-state index in [4.69, 9.17) is 9.47 Å². The van der Waals surface area contributed by atoms with E-state index >= 15 is 0 Å². The van der Waals surface area contributed by atoms with Gasteiger partial charge in [0.1, 0.15) is 23.7 Å². The number of aromatic nitrogens is 1. The second kappa shape index (κ2) is 8.73. The summed E-state index contributed by atoms with van der Waals surface area (Å²) in [6.45, 7) is 1.78. The van der Waals surface area contributed by atoms with Crippen LogP contribution in [0.5, 0.6) is 17.4 Å². The smallest absolute Gasteiger partial charge is 0.421 e. The van der Waals surface area contributed by atoms with Gasteiger partial charge in [0.2, 0.25) is 5.88 Å². The molecule has 0 aliphatic carbocycles. The van der Waals surface area contributed by atoms with E-state index in [1.807, 2.05) is 0 Å². The summed E-state index contributed by atoms with van der Waals surface area (Å²) < 4.78 is 88.9. The van der Waals surface area contributed by atoms with Gasteiger partial charge >= 0.3 is 12.4 Å². The van der Waals surface area contributed by atoms with Crippen LogP contribution in [0.4, 0.5) is 26.3 Å². The summed E-state index contributed by atoms with van der Waals surface area (Å²) in [5.74, 6) is -0.537.